The first-order chi connectivity index (χ1) is 13.1. The molecule has 1 aromatic rings. The van der Waals surface area contributed by atoms with Gasteiger partial charge in [0.1, 0.15) is 17.5 Å². The number of aliphatic imine (C=N–C) groups is 1. The van der Waals surface area contributed by atoms with E-state index in [0.29, 0.717) is 12.0 Å². The first-order valence-corrected chi connectivity index (χ1v) is 8.94. The van der Waals surface area contributed by atoms with Gasteiger partial charge in [-0.05, 0) is 56.1 Å². The molecule has 0 saturated carbocycles. The van der Waals surface area contributed by atoms with E-state index in [1.807, 2.05) is 24.5 Å². The third kappa shape index (κ3) is 2.95. The fraction of sp³-hybridized carbons (Fsp3) is 0.273. The lowest BCUT2D eigenvalue weighted by atomic mass is 9.94. The zero-order valence-electron chi connectivity index (χ0n) is 15.6. The molecule has 4 rings (SSSR count). The molecule has 0 saturated heterocycles. The summed E-state index contributed by atoms with van der Waals surface area (Å²) in [6, 6.07) is 0. The van der Waals surface area contributed by atoms with Crippen molar-refractivity contribution in [2.75, 3.05) is 0 Å². The molecule has 0 atom stereocenters. The Morgan fingerprint density at radius 1 is 1.22 bits per heavy atom. The molecule has 0 spiro atoms. The molecule has 0 N–H and O–H groups in total. The monoisotopic (exact) mass is 358 g/mol. The van der Waals surface area contributed by atoms with Crippen molar-refractivity contribution in [3.8, 4) is 11.8 Å². The SMILES string of the molecule is CC#CC1=CN=CCC(C2=C=CC3=C(C=C2F)n2c(C)nnc2CC3)=C1C. The van der Waals surface area contributed by atoms with Gasteiger partial charge in [0.05, 0.1) is 11.3 Å². The minimum Gasteiger partial charge on any atom is -0.283 e. The smallest absolute Gasteiger partial charge is 0.140 e. The average Bonchev–Trinajstić information content (AvgIpc) is 2.83. The highest BCUT2D eigenvalue weighted by atomic mass is 19.1. The lowest BCUT2D eigenvalue weighted by molar-refractivity contribution is 0.652. The van der Waals surface area contributed by atoms with E-state index in [9.17, 15) is 0 Å². The van der Waals surface area contributed by atoms with Crippen LogP contribution in [0.2, 0.25) is 0 Å². The largest absolute Gasteiger partial charge is 0.283 e. The molecule has 1 aromatic heterocycles. The third-order valence-electron chi connectivity index (χ3n) is 5.00. The van der Waals surface area contributed by atoms with E-state index < -0.39 is 0 Å². The number of halogens is 1. The topological polar surface area (TPSA) is 43.1 Å². The minimum atomic E-state index is -0.314. The number of allylic oxidation sites excluding steroid dienone is 8. The molecule has 134 valence electrons. The van der Waals surface area contributed by atoms with Crippen LogP contribution in [-0.2, 0) is 6.42 Å². The molecule has 0 radical (unpaired) electrons. The van der Waals surface area contributed by atoms with Crippen molar-refractivity contribution in [2.45, 2.75) is 40.0 Å². The van der Waals surface area contributed by atoms with Crippen molar-refractivity contribution >= 4 is 11.9 Å². The Balaban J connectivity index is 1.84. The second-order valence-electron chi connectivity index (χ2n) is 6.62. The van der Waals surface area contributed by atoms with Crippen LogP contribution >= 0.6 is 0 Å². The van der Waals surface area contributed by atoms with Crippen LogP contribution in [0.15, 0.2) is 62.8 Å². The fourth-order valence-corrected chi connectivity index (χ4v) is 3.59. The van der Waals surface area contributed by atoms with Gasteiger partial charge in [-0.1, -0.05) is 5.92 Å². The summed E-state index contributed by atoms with van der Waals surface area (Å²) in [6.07, 6.45) is 9.11. The average molecular weight is 358 g/mol. The van der Waals surface area contributed by atoms with Gasteiger partial charge in [-0.3, -0.25) is 9.56 Å². The van der Waals surface area contributed by atoms with Crippen molar-refractivity contribution in [2.24, 2.45) is 4.99 Å². The number of rotatable bonds is 1. The van der Waals surface area contributed by atoms with Gasteiger partial charge in [0, 0.05) is 30.8 Å². The highest BCUT2D eigenvalue weighted by molar-refractivity contribution is 5.75. The van der Waals surface area contributed by atoms with Crippen molar-refractivity contribution in [3.63, 3.8) is 0 Å². The maximum absolute atomic E-state index is 15.3. The van der Waals surface area contributed by atoms with E-state index >= 15 is 4.39 Å². The molecule has 27 heavy (non-hydrogen) atoms. The number of hydrogen-bond donors (Lipinski definition) is 0. The summed E-state index contributed by atoms with van der Waals surface area (Å²) in [7, 11) is 0. The minimum absolute atomic E-state index is 0.314. The predicted molar refractivity (Wildman–Crippen MR) is 104 cm³/mol. The molecular formula is C22H19FN4. The van der Waals surface area contributed by atoms with Gasteiger partial charge >= 0.3 is 0 Å². The fourth-order valence-electron chi connectivity index (χ4n) is 3.59. The zero-order chi connectivity index (χ0) is 19.0. The van der Waals surface area contributed by atoms with Crippen molar-refractivity contribution in [3.05, 3.63) is 69.4 Å². The second-order valence-corrected chi connectivity index (χ2v) is 6.62. The van der Waals surface area contributed by atoms with Gasteiger partial charge < -0.3 is 0 Å². The Morgan fingerprint density at radius 3 is 2.89 bits per heavy atom. The molecule has 0 fully saturated rings. The van der Waals surface area contributed by atoms with Gasteiger partial charge in [0.25, 0.3) is 0 Å². The zero-order valence-corrected chi connectivity index (χ0v) is 15.6. The number of hydrogen-bond acceptors (Lipinski definition) is 3. The molecule has 3 heterocycles. The third-order valence-corrected chi connectivity index (χ3v) is 5.00. The maximum atomic E-state index is 15.3. The molecule has 1 aliphatic carbocycles. The van der Waals surface area contributed by atoms with Gasteiger partial charge in [-0.25, -0.2) is 4.39 Å². The maximum Gasteiger partial charge on any atom is 0.140 e. The summed E-state index contributed by atoms with van der Waals surface area (Å²) in [5, 5.41) is 8.35. The van der Waals surface area contributed by atoms with Crippen LogP contribution in [0.3, 0.4) is 0 Å². The highest BCUT2D eigenvalue weighted by Crippen LogP contribution is 2.35. The Morgan fingerprint density at radius 2 is 2.07 bits per heavy atom. The summed E-state index contributed by atoms with van der Waals surface area (Å²) in [4.78, 5) is 4.27. The first kappa shape index (κ1) is 17.2. The van der Waals surface area contributed by atoms with E-state index in [1.54, 1.807) is 25.4 Å². The van der Waals surface area contributed by atoms with Gasteiger partial charge in [-0.15, -0.1) is 21.8 Å². The van der Waals surface area contributed by atoms with E-state index in [1.165, 1.54) is 0 Å². The van der Waals surface area contributed by atoms with Crippen LogP contribution in [0.25, 0.3) is 5.70 Å². The Bertz CT molecular complexity index is 1120. The van der Waals surface area contributed by atoms with Crippen LogP contribution in [0, 0.1) is 18.8 Å². The Labute approximate surface area is 157 Å². The molecular weight excluding hydrogens is 339 g/mol. The Kier molecular flexibility index (Phi) is 4.35. The van der Waals surface area contributed by atoms with Crippen molar-refractivity contribution in [1.82, 2.24) is 14.8 Å². The van der Waals surface area contributed by atoms with E-state index in [0.717, 1.165) is 52.5 Å². The summed E-state index contributed by atoms with van der Waals surface area (Å²) in [5.74, 6) is 7.27. The van der Waals surface area contributed by atoms with Gasteiger partial charge in [0.2, 0.25) is 0 Å². The van der Waals surface area contributed by atoms with Gasteiger partial charge in [0.15, 0.2) is 0 Å². The van der Waals surface area contributed by atoms with Crippen LogP contribution in [0.4, 0.5) is 4.39 Å². The molecule has 0 bridgehead atoms. The van der Waals surface area contributed by atoms with Crippen LogP contribution in [0.5, 0.6) is 0 Å². The molecule has 3 aliphatic rings. The highest BCUT2D eigenvalue weighted by Gasteiger charge is 2.24. The number of fused-ring (bicyclic) bond motifs is 2. The number of aryl methyl sites for hydroxylation is 2. The number of nitrogens with zero attached hydrogens (tertiary/aromatic N) is 4. The molecule has 0 amide bonds. The molecule has 0 unspecified atom stereocenters. The lowest BCUT2D eigenvalue weighted by Gasteiger charge is -2.18. The van der Waals surface area contributed by atoms with Crippen LogP contribution in [0.1, 0.15) is 38.3 Å². The summed E-state index contributed by atoms with van der Waals surface area (Å²) in [5.41, 5.74) is 8.10. The molecule has 0 aromatic carbocycles. The predicted octanol–water partition coefficient (Wildman–Crippen LogP) is 4.39. The van der Waals surface area contributed by atoms with E-state index in [4.69, 9.17) is 0 Å². The van der Waals surface area contributed by atoms with Crippen LogP contribution < -0.4 is 0 Å². The molecule has 2 aliphatic heterocycles. The lowest BCUT2D eigenvalue weighted by Crippen LogP contribution is -2.11. The number of aromatic nitrogens is 3. The summed E-state index contributed by atoms with van der Waals surface area (Å²) in [6.45, 7) is 5.63. The van der Waals surface area contributed by atoms with E-state index in [-0.39, 0.29) is 5.83 Å². The van der Waals surface area contributed by atoms with Crippen molar-refractivity contribution in [1.29, 1.82) is 0 Å². The summed E-state index contributed by atoms with van der Waals surface area (Å²) < 4.78 is 17.3. The molecule has 4 nitrogen and oxygen atoms in total. The quantitative estimate of drug-likeness (QED) is 0.552. The Hall–Kier alpha value is -3.22. The summed E-state index contributed by atoms with van der Waals surface area (Å²) >= 11 is 0. The standard InChI is InChI=1S/C22H19FN4/c1-4-5-17-13-24-11-10-18(14(17)2)19-8-6-16-7-9-22-26-25-15(3)27(22)21(16)12-20(19)23/h6,11-13H,7,9-10H2,1-3H3. The second kappa shape index (κ2) is 6.83. The first-order valence-electron chi connectivity index (χ1n) is 8.94. The normalized spacial score (nSPS) is 18.6. The van der Waals surface area contributed by atoms with Gasteiger partial charge in [-0.2, -0.15) is 0 Å². The molecule has 5 heteroatoms. The van der Waals surface area contributed by atoms with Crippen LogP contribution in [-0.4, -0.2) is 21.0 Å². The van der Waals surface area contributed by atoms with E-state index in [2.05, 4.69) is 32.8 Å². The van der Waals surface area contributed by atoms with Crippen molar-refractivity contribution < 1.29 is 4.39 Å².